The zero-order valence-electron chi connectivity index (χ0n) is 11.1. The Hall–Kier alpha value is -1.82. The van der Waals surface area contributed by atoms with Gasteiger partial charge in [0.05, 0.1) is 5.75 Å². The highest BCUT2D eigenvalue weighted by atomic mass is 32.2. The maximum atomic E-state index is 10.7. The molecule has 1 saturated carbocycles. The molecular formula is C14H15N3O2S. The molecule has 1 heterocycles. The van der Waals surface area contributed by atoms with E-state index in [1.165, 1.54) is 17.3 Å². The lowest BCUT2D eigenvalue weighted by atomic mass is 10.2. The summed E-state index contributed by atoms with van der Waals surface area (Å²) in [7, 11) is 0. The molecular weight excluding hydrogens is 274 g/mol. The quantitative estimate of drug-likeness (QED) is 0.857. The lowest BCUT2D eigenvalue weighted by molar-refractivity contribution is -0.133. The molecule has 1 aliphatic carbocycles. The van der Waals surface area contributed by atoms with E-state index in [9.17, 15) is 4.79 Å². The minimum Gasteiger partial charge on any atom is -0.481 e. The van der Waals surface area contributed by atoms with Gasteiger partial charge in [-0.25, -0.2) is 0 Å². The minimum atomic E-state index is -0.846. The number of aliphatic carboxylic acids is 1. The van der Waals surface area contributed by atoms with Crippen LogP contribution >= 0.6 is 11.8 Å². The van der Waals surface area contributed by atoms with Crippen molar-refractivity contribution < 1.29 is 9.90 Å². The van der Waals surface area contributed by atoms with Crippen LogP contribution in [0, 0.1) is 6.92 Å². The molecule has 104 valence electrons. The van der Waals surface area contributed by atoms with Crippen LogP contribution in [0.25, 0.3) is 5.69 Å². The van der Waals surface area contributed by atoms with Crippen LogP contribution in [0.15, 0.2) is 29.4 Å². The third-order valence-electron chi connectivity index (χ3n) is 3.22. The maximum Gasteiger partial charge on any atom is 0.313 e. The average molecular weight is 289 g/mol. The molecule has 3 rings (SSSR count). The Kier molecular flexibility index (Phi) is 3.48. The maximum absolute atomic E-state index is 10.7. The molecule has 0 saturated heterocycles. The van der Waals surface area contributed by atoms with Gasteiger partial charge in [0.15, 0.2) is 5.16 Å². The van der Waals surface area contributed by atoms with Gasteiger partial charge in [0, 0.05) is 11.6 Å². The molecule has 0 aliphatic heterocycles. The second-order valence-electron chi connectivity index (χ2n) is 4.97. The van der Waals surface area contributed by atoms with Crippen molar-refractivity contribution in [1.29, 1.82) is 0 Å². The fourth-order valence-electron chi connectivity index (χ4n) is 2.04. The van der Waals surface area contributed by atoms with Crippen LogP contribution in [0.1, 0.15) is 30.1 Å². The minimum absolute atomic E-state index is 0.00530. The van der Waals surface area contributed by atoms with Gasteiger partial charge < -0.3 is 5.11 Å². The van der Waals surface area contributed by atoms with E-state index in [4.69, 9.17) is 5.11 Å². The molecule has 0 radical (unpaired) electrons. The Morgan fingerprint density at radius 1 is 1.35 bits per heavy atom. The first kappa shape index (κ1) is 13.2. The molecule has 1 fully saturated rings. The van der Waals surface area contributed by atoms with E-state index in [1.54, 1.807) is 0 Å². The van der Waals surface area contributed by atoms with Gasteiger partial charge >= 0.3 is 5.97 Å². The Morgan fingerprint density at radius 2 is 2.05 bits per heavy atom. The molecule has 20 heavy (non-hydrogen) atoms. The SMILES string of the molecule is Cc1ccc(-n2c(SCC(=O)O)nnc2C2CC2)cc1. The van der Waals surface area contributed by atoms with Crippen LogP contribution in [0.4, 0.5) is 0 Å². The predicted octanol–water partition coefficient (Wildman–Crippen LogP) is 2.63. The summed E-state index contributed by atoms with van der Waals surface area (Å²) in [5, 5.41) is 17.9. The number of rotatable bonds is 5. The molecule has 1 aromatic heterocycles. The summed E-state index contributed by atoms with van der Waals surface area (Å²) in [5.41, 5.74) is 2.19. The highest BCUT2D eigenvalue weighted by molar-refractivity contribution is 7.99. The number of carboxylic acids is 1. The van der Waals surface area contributed by atoms with E-state index >= 15 is 0 Å². The smallest absolute Gasteiger partial charge is 0.313 e. The van der Waals surface area contributed by atoms with Gasteiger partial charge in [0.2, 0.25) is 0 Å². The summed E-state index contributed by atoms with van der Waals surface area (Å²) in [4.78, 5) is 10.7. The van der Waals surface area contributed by atoms with Crippen molar-refractivity contribution in [2.24, 2.45) is 0 Å². The number of benzene rings is 1. The lowest BCUT2D eigenvalue weighted by Gasteiger charge is -2.09. The number of hydrogen-bond acceptors (Lipinski definition) is 4. The van der Waals surface area contributed by atoms with E-state index < -0.39 is 5.97 Å². The van der Waals surface area contributed by atoms with Gasteiger partial charge in [-0.05, 0) is 31.9 Å². The van der Waals surface area contributed by atoms with Crippen molar-refractivity contribution in [2.75, 3.05) is 5.75 Å². The standard InChI is InChI=1S/C14H15N3O2S/c1-9-2-6-11(7-3-9)17-13(10-4-5-10)15-16-14(17)20-8-12(18)19/h2-3,6-7,10H,4-5,8H2,1H3,(H,18,19). The lowest BCUT2D eigenvalue weighted by Crippen LogP contribution is -2.04. The summed E-state index contributed by atoms with van der Waals surface area (Å²) in [5.74, 6) is 0.556. The highest BCUT2D eigenvalue weighted by Crippen LogP contribution is 2.41. The van der Waals surface area contributed by atoms with Gasteiger partial charge in [-0.1, -0.05) is 29.5 Å². The van der Waals surface area contributed by atoms with Gasteiger partial charge in [0.25, 0.3) is 0 Å². The second kappa shape index (κ2) is 5.28. The van der Waals surface area contributed by atoms with Crippen LogP contribution in [-0.4, -0.2) is 31.6 Å². The Labute approximate surface area is 121 Å². The largest absolute Gasteiger partial charge is 0.481 e. The monoisotopic (exact) mass is 289 g/mol. The Bertz CT molecular complexity index is 632. The van der Waals surface area contributed by atoms with Crippen LogP contribution in [-0.2, 0) is 4.79 Å². The number of carboxylic acid groups (broad SMARTS) is 1. The van der Waals surface area contributed by atoms with E-state index in [1.807, 2.05) is 35.8 Å². The number of aromatic nitrogens is 3. The first-order chi connectivity index (χ1) is 9.65. The van der Waals surface area contributed by atoms with Crippen LogP contribution in [0.3, 0.4) is 0 Å². The molecule has 5 nitrogen and oxygen atoms in total. The van der Waals surface area contributed by atoms with E-state index in [0.717, 1.165) is 24.4 Å². The van der Waals surface area contributed by atoms with Crippen LogP contribution in [0.5, 0.6) is 0 Å². The number of thioether (sulfide) groups is 1. The summed E-state index contributed by atoms with van der Waals surface area (Å²) in [6, 6.07) is 8.13. The average Bonchev–Trinajstić information content (AvgIpc) is 3.18. The molecule has 1 aromatic carbocycles. The number of hydrogen-bond donors (Lipinski definition) is 1. The van der Waals surface area contributed by atoms with Crippen molar-refractivity contribution >= 4 is 17.7 Å². The molecule has 0 unspecified atom stereocenters. The van der Waals surface area contributed by atoms with Crippen molar-refractivity contribution in [3.05, 3.63) is 35.7 Å². The number of aryl methyl sites for hydroxylation is 1. The third kappa shape index (κ3) is 2.70. The van der Waals surface area contributed by atoms with Gasteiger partial charge in [-0.2, -0.15) is 0 Å². The molecule has 6 heteroatoms. The highest BCUT2D eigenvalue weighted by Gasteiger charge is 2.31. The normalized spacial score (nSPS) is 14.4. The molecule has 1 N–H and O–H groups in total. The molecule has 1 aliphatic rings. The summed E-state index contributed by atoms with van der Waals surface area (Å²) >= 11 is 1.21. The molecule has 0 spiro atoms. The van der Waals surface area contributed by atoms with Crippen molar-refractivity contribution in [2.45, 2.75) is 30.8 Å². The van der Waals surface area contributed by atoms with E-state index in [-0.39, 0.29) is 5.75 Å². The van der Waals surface area contributed by atoms with Gasteiger partial charge in [-0.3, -0.25) is 9.36 Å². The molecule has 2 aromatic rings. The summed E-state index contributed by atoms with van der Waals surface area (Å²) in [6.45, 7) is 2.04. The van der Waals surface area contributed by atoms with E-state index in [2.05, 4.69) is 10.2 Å². The van der Waals surface area contributed by atoms with Crippen LogP contribution < -0.4 is 0 Å². The fraction of sp³-hybridized carbons (Fsp3) is 0.357. The van der Waals surface area contributed by atoms with Crippen molar-refractivity contribution in [3.8, 4) is 5.69 Å². The Balaban J connectivity index is 1.98. The second-order valence-corrected chi connectivity index (χ2v) is 5.91. The van der Waals surface area contributed by atoms with E-state index in [0.29, 0.717) is 11.1 Å². The number of carbonyl (C=O) groups is 1. The van der Waals surface area contributed by atoms with Gasteiger partial charge in [-0.15, -0.1) is 10.2 Å². The predicted molar refractivity (Wildman–Crippen MR) is 76.4 cm³/mol. The van der Waals surface area contributed by atoms with Crippen LogP contribution in [0.2, 0.25) is 0 Å². The number of nitrogens with zero attached hydrogens (tertiary/aromatic N) is 3. The first-order valence-corrected chi connectivity index (χ1v) is 7.50. The van der Waals surface area contributed by atoms with Crippen molar-refractivity contribution in [3.63, 3.8) is 0 Å². The fourth-order valence-corrected chi connectivity index (χ4v) is 2.72. The molecule has 0 amide bonds. The van der Waals surface area contributed by atoms with Crippen molar-refractivity contribution in [1.82, 2.24) is 14.8 Å². The third-order valence-corrected chi connectivity index (χ3v) is 4.13. The first-order valence-electron chi connectivity index (χ1n) is 6.52. The summed E-state index contributed by atoms with van der Waals surface area (Å²) in [6.07, 6.45) is 2.27. The van der Waals surface area contributed by atoms with Gasteiger partial charge in [0.1, 0.15) is 5.82 Å². The zero-order valence-corrected chi connectivity index (χ0v) is 11.9. The zero-order chi connectivity index (χ0) is 14.1. The molecule has 0 atom stereocenters. The Morgan fingerprint density at radius 3 is 2.65 bits per heavy atom. The topological polar surface area (TPSA) is 68.0 Å². The molecule has 0 bridgehead atoms. The summed E-state index contributed by atoms with van der Waals surface area (Å²) < 4.78 is 1.99.